The molecule has 114 valence electrons. The third-order valence-corrected chi connectivity index (χ3v) is 4.55. The van der Waals surface area contributed by atoms with Crippen LogP contribution >= 0.6 is 0 Å². The number of rotatable bonds is 4. The predicted molar refractivity (Wildman–Crippen MR) is 88.1 cm³/mol. The maximum Gasteiger partial charge on any atom is 0.0768 e. The van der Waals surface area contributed by atoms with E-state index in [-0.39, 0.29) is 0 Å². The van der Waals surface area contributed by atoms with E-state index < -0.39 is 0 Å². The maximum absolute atomic E-state index is 4.72. The van der Waals surface area contributed by atoms with E-state index in [1.54, 1.807) is 0 Å². The van der Waals surface area contributed by atoms with Crippen molar-refractivity contribution in [3.05, 3.63) is 24.3 Å². The first-order chi connectivity index (χ1) is 9.69. The molecule has 1 rings (SSSR count). The van der Waals surface area contributed by atoms with Crippen LogP contribution in [0.2, 0.25) is 0 Å². The normalized spacial score (nSPS) is 30.8. The van der Waals surface area contributed by atoms with Crippen molar-refractivity contribution >= 4 is 0 Å². The third kappa shape index (κ3) is 6.02. The van der Waals surface area contributed by atoms with E-state index in [1.165, 1.54) is 12.8 Å². The van der Waals surface area contributed by atoms with Gasteiger partial charge in [0.15, 0.2) is 0 Å². The van der Waals surface area contributed by atoms with Crippen LogP contribution in [0.4, 0.5) is 0 Å². The fraction of sp³-hybridized carbons (Fsp3) is 0.778. The van der Waals surface area contributed by atoms with Gasteiger partial charge in [-0.2, -0.15) is 10.2 Å². The molecule has 2 nitrogen and oxygen atoms in total. The maximum atomic E-state index is 4.72. The Morgan fingerprint density at radius 1 is 0.800 bits per heavy atom. The molecule has 1 aliphatic rings. The summed E-state index contributed by atoms with van der Waals surface area (Å²) in [5, 5.41) is 9.44. The Bertz CT molecular complexity index is 298. The first kappa shape index (κ1) is 17.1. The third-order valence-electron chi connectivity index (χ3n) is 4.55. The Kier molecular flexibility index (Phi) is 8.48. The van der Waals surface area contributed by atoms with Crippen LogP contribution in [0.3, 0.4) is 0 Å². The molecule has 0 aliphatic carbocycles. The Labute approximate surface area is 125 Å². The highest BCUT2D eigenvalue weighted by Crippen LogP contribution is 2.21. The molecule has 0 aromatic rings. The van der Waals surface area contributed by atoms with E-state index in [9.17, 15) is 0 Å². The van der Waals surface area contributed by atoms with Gasteiger partial charge in [-0.25, -0.2) is 0 Å². The molecule has 1 aliphatic heterocycles. The van der Waals surface area contributed by atoms with Crippen LogP contribution < -0.4 is 0 Å². The van der Waals surface area contributed by atoms with E-state index in [2.05, 4.69) is 52.0 Å². The van der Waals surface area contributed by atoms with Crippen molar-refractivity contribution in [2.24, 2.45) is 22.1 Å². The average Bonchev–Trinajstić information content (AvgIpc) is 2.46. The largest absolute Gasteiger partial charge is 0.190 e. The van der Waals surface area contributed by atoms with Crippen LogP contribution in [0.25, 0.3) is 0 Å². The quantitative estimate of drug-likeness (QED) is 0.566. The Morgan fingerprint density at radius 2 is 1.20 bits per heavy atom. The molecular weight excluding hydrogens is 244 g/mol. The lowest BCUT2D eigenvalue weighted by molar-refractivity contribution is 0.386. The molecule has 0 spiro atoms. The first-order valence-corrected chi connectivity index (χ1v) is 8.38. The molecule has 0 aromatic heterocycles. The summed E-state index contributed by atoms with van der Waals surface area (Å²) in [6.45, 7) is 9.08. The first-order valence-electron chi connectivity index (χ1n) is 8.38. The SMILES string of the molecule is CCC(C)C1C/C=C/CC/C=C/CC(C(C)CC)N=N1. The smallest absolute Gasteiger partial charge is 0.0768 e. The Morgan fingerprint density at radius 3 is 1.55 bits per heavy atom. The van der Waals surface area contributed by atoms with Crippen molar-refractivity contribution in [1.82, 2.24) is 0 Å². The molecule has 0 saturated carbocycles. The van der Waals surface area contributed by atoms with Gasteiger partial charge in [0.1, 0.15) is 0 Å². The number of azo groups is 1. The standard InChI is InChI=1S/C18H32N2/c1-5-15(3)17-13-11-9-7-8-10-12-14-18(20-19-17)16(4)6-2/h9-12,15-18H,5-8,13-14H2,1-4H3/b11-9+,12-10+,20-19?. The molecule has 0 N–H and O–H groups in total. The molecule has 4 unspecified atom stereocenters. The van der Waals surface area contributed by atoms with Gasteiger partial charge >= 0.3 is 0 Å². The molecule has 0 fully saturated rings. The lowest BCUT2D eigenvalue weighted by Crippen LogP contribution is -2.18. The Hall–Kier alpha value is -0.920. The van der Waals surface area contributed by atoms with Crippen molar-refractivity contribution in [2.75, 3.05) is 0 Å². The molecule has 0 bridgehead atoms. The van der Waals surface area contributed by atoms with Crippen LogP contribution in [-0.2, 0) is 0 Å². The lowest BCUT2D eigenvalue weighted by Gasteiger charge is -2.20. The summed E-state index contributed by atoms with van der Waals surface area (Å²) in [6, 6.07) is 0.706. The summed E-state index contributed by atoms with van der Waals surface area (Å²) >= 11 is 0. The molecule has 0 aromatic carbocycles. The predicted octanol–water partition coefficient (Wildman–Crippen LogP) is 5.95. The van der Waals surface area contributed by atoms with Gasteiger partial charge in [-0.05, 0) is 37.5 Å². The minimum absolute atomic E-state index is 0.353. The number of allylic oxidation sites excluding steroid dienone is 2. The Balaban J connectivity index is 2.83. The van der Waals surface area contributed by atoms with Crippen LogP contribution in [-0.4, -0.2) is 12.1 Å². The fourth-order valence-corrected chi connectivity index (χ4v) is 2.40. The highest BCUT2D eigenvalue weighted by atomic mass is 15.1. The van der Waals surface area contributed by atoms with Crippen molar-refractivity contribution in [2.45, 2.75) is 78.3 Å². The summed E-state index contributed by atoms with van der Waals surface area (Å²) in [4.78, 5) is 0. The van der Waals surface area contributed by atoms with Crippen molar-refractivity contribution < 1.29 is 0 Å². The van der Waals surface area contributed by atoms with Gasteiger partial charge in [0.05, 0.1) is 12.1 Å². The topological polar surface area (TPSA) is 24.7 Å². The van der Waals surface area contributed by atoms with Crippen LogP contribution in [0, 0.1) is 11.8 Å². The summed E-state index contributed by atoms with van der Waals surface area (Å²) < 4.78 is 0. The van der Waals surface area contributed by atoms with Crippen molar-refractivity contribution in [3.8, 4) is 0 Å². The average molecular weight is 276 g/mol. The van der Waals surface area contributed by atoms with E-state index in [0.29, 0.717) is 23.9 Å². The van der Waals surface area contributed by atoms with Crippen molar-refractivity contribution in [3.63, 3.8) is 0 Å². The molecule has 0 amide bonds. The van der Waals surface area contributed by atoms with E-state index >= 15 is 0 Å². The lowest BCUT2D eigenvalue weighted by atomic mass is 9.95. The second-order valence-electron chi connectivity index (χ2n) is 6.13. The van der Waals surface area contributed by atoms with Crippen LogP contribution in [0.1, 0.15) is 66.2 Å². The molecule has 20 heavy (non-hydrogen) atoms. The molecule has 2 heteroatoms. The molecular formula is C18H32N2. The zero-order chi connectivity index (χ0) is 14.8. The van der Waals surface area contributed by atoms with E-state index in [0.717, 1.165) is 25.7 Å². The van der Waals surface area contributed by atoms with Gasteiger partial charge < -0.3 is 0 Å². The minimum atomic E-state index is 0.353. The number of hydrogen-bond donors (Lipinski definition) is 0. The molecule has 0 radical (unpaired) electrons. The van der Waals surface area contributed by atoms with Crippen molar-refractivity contribution in [1.29, 1.82) is 0 Å². The zero-order valence-corrected chi connectivity index (χ0v) is 13.8. The number of nitrogens with zero attached hydrogens (tertiary/aromatic N) is 2. The van der Waals surface area contributed by atoms with Gasteiger partial charge in [0.2, 0.25) is 0 Å². The summed E-state index contributed by atoms with van der Waals surface area (Å²) in [7, 11) is 0. The van der Waals surface area contributed by atoms with E-state index in [4.69, 9.17) is 10.2 Å². The molecule has 1 heterocycles. The molecule has 0 saturated heterocycles. The van der Waals surface area contributed by atoms with Gasteiger partial charge in [0.25, 0.3) is 0 Å². The number of hydrogen-bond acceptors (Lipinski definition) is 2. The van der Waals surface area contributed by atoms with Gasteiger partial charge in [-0.3, -0.25) is 0 Å². The monoisotopic (exact) mass is 276 g/mol. The fourth-order valence-electron chi connectivity index (χ4n) is 2.40. The molecule has 4 atom stereocenters. The van der Waals surface area contributed by atoms with Crippen LogP contribution in [0.15, 0.2) is 34.5 Å². The van der Waals surface area contributed by atoms with Crippen LogP contribution in [0.5, 0.6) is 0 Å². The highest BCUT2D eigenvalue weighted by Gasteiger charge is 2.17. The zero-order valence-electron chi connectivity index (χ0n) is 13.8. The minimum Gasteiger partial charge on any atom is -0.190 e. The summed E-state index contributed by atoms with van der Waals surface area (Å²) in [5.74, 6) is 1.22. The highest BCUT2D eigenvalue weighted by molar-refractivity contribution is 4.94. The second kappa shape index (κ2) is 9.90. The van der Waals surface area contributed by atoms with Gasteiger partial charge in [-0.15, -0.1) is 0 Å². The van der Waals surface area contributed by atoms with Gasteiger partial charge in [0, 0.05) is 0 Å². The van der Waals surface area contributed by atoms with E-state index in [1.807, 2.05) is 0 Å². The summed E-state index contributed by atoms with van der Waals surface area (Å²) in [6.07, 6.45) is 15.9. The van der Waals surface area contributed by atoms with Gasteiger partial charge in [-0.1, -0.05) is 64.8 Å². The summed E-state index contributed by atoms with van der Waals surface area (Å²) in [5.41, 5.74) is 0. The second-order valence-corrected chi connectivity index (χ2v) is 6.13.